The van der Waals surface area contributed by atoms with Crippen LogP contribution in [0.2, 0.25) is 5.02 Å². The van der Waals surface area contributed by atoms with Crippen LogP contribution in [0.4, 0.5) is 10.5 Å². The molecule has 1 fully saturated rings. The van der Waals surface area contributed by atoms with Crippen LogP contribution in [0, 0.1) is 5.92 Å². The molecule has 1 aliphatic heterocycles. The van der Waals surface area contributed by atoms with E-state index < -0.39 is 23.9 Å². The molecule has 8 heteroatoms. The van der Waals surface area contributed by atoms with Crippen molar-refractivity contribution in [3.8, 4) is 5.75 Å². The van der Waals surface area contributed by atoms with Gasteiger partial charge in [0.25, 0.3) is 5.91 Å². The maximum Gasteiger partial charge on any atom is 0.325 e. The van der Waals surface area contributed by atoms with Crippen LogP contribution in [-0.4, -0.2) is 42.4 Å². The number of hydrogen-bond donors (Lipinski definition) is 2. The molecule has 1 aromatic rings. The molecule has 0 radical (unpaired) electrons. The predicted molar refractivity (Wildman–Crippen MR) is 85.5 cm³/mol. The molecule has 1 aromatic carbocycles. The van der Waals surface area contributed by atoms with Crippen LogP contribution in [0.1, 0.15) is 13.8 Å². The van der Waals surface area contributed by atoms with Gasteiger partial charge in [0.2, 0.25) is 5.91 Å². The number of hydrogen-bond acceptors (Lipinski definition) is 4. The van der Waals surface area contributed by atoms with E-state index >= 15 is 0 Å². The van der Waals surface area contributed by atoms with Crippen LogP contribution in [-0.2, 0) is 9.59 Å². The molecule has 1 unspecified atom stereocenters. The largest absolute Gasteiger partial charge is 0.495 e. The SMILES string of the molecule is COc1ccc(NC(=O)CN2C(=O)NC(C(C)C)C2=O)cc1Cl. The number of halogens is 1. The fourth-order valence-corrected chi connectivity index (χ4v) is 2.49. The lowest BCUT2D eigenvalue weighted by Crippen LogP contribution is -2.39. The van der Waals surface area contributed by atoms with Crippen LogP contribution < -0.4 is 15.4 Å². The van der Waals surface area contributed by atoms with Crippen molar-refractivity contribution >= 4 is 35.1 Å². The summed E-state index contributed by atoms with van der Waals surface area (Å²) in [5, 5.41) is 5.51. The van der Waals surface area contributed by atoms with E-state index in [9.17, 15) is 14.4 Å². The summed E-state index contributed by atoms with van der Waals surface area (Å²) in [5.41, 5.74) is 0.452. The quantitative estimate of drug-likeness (QED) is 0.801. The Bertz CT molecular complexity index is 648. The zero-order valence-electron chi connectivity index (χ0n) is 13.1. The average molecular weight is 340 g/mol. The Morgan fingerprint density at radius 1 is 1.43 bits per heavy atom. The van der Waals surface area contributed by atoms with Gasteiger partial charge in [-0.2, -0.15) is 0 Å². The van der Waals surface area contributed by atoms with Crippen LogP contribution in [0.5, 0.6) is 5.75 Å². The smallest absolute Gasteiger partial charge is 0.325 e. The number of urea groups is 1. The molecule has 0 spiro atoms. The van der Waals surface area contributed by atoms with Crippen molar-refractivity contribution in [3.63, 3.8) is 0 Å². The van der Waals surface area contributed by atoms with Crippen LogP contribution >= 0.6 is 11.6 Å². The molecule has 2 rings (SSSR count). The van der Waals surface area contributed by atoms with Gasteiger partial charge in [-0.1, -0.05) is 25.4 Å². The number of methoxy groups -OCH3 is 1. The number of nitrogens with one attached hydrogen (secondary N) is 2. The molecular formula is C15H18ClN3O4. The molecule has 1 aliphatic rings. The zero-order chi connectivity index (χ0) is 17.1. The van der Waals surface area contributed by atoms with Crippen molar-refractivity contribution in [2.45, 2.75) is 19.9 Å². The second kappa shape index (κ2) is 6.87. The lowest BCUT2D eigenvalue weighted by Gasteiger charge is -2.14. The highest BCUT2D eigenvalue weighted by Gasteiger charge is 2.40. The van der Waals surface area contributed by atoms with Crippen LogP contribution in [0.25, 0.3) is 0 Å². The number of ether oxygens (including phenoxy) is 1. The minimum absolute atomic E-state index is 0.0418. The fourth-order valence-electron chi connectivity index (χ4n) is 2.23. The third-order valence-electron chi connectivity index (χ3n) is 3.46. The fraction of sp³-hybridized carbons (Fsp3) is 0.400. The van der Waals surface area contributed by atoms with Gasteiger partial charge in [-0.05, 0) is 24.1 Å². The summed E-state index contributed by atoms with van der Waals surface area (Å²) < 4.78 is 5.02. The molecule has 0 saturated carbocycles. The molecule has 1 atom stereocenters. The van der Waals surface area contributed by atoms with Gasteiger partial charge < -0.3 is 15.4 Å². The number of amides is 4. The van der Waals surface area contributed by atoms with E-state index in [0.717, 1.165) is 4.90 Å². The Morgan fingerprint density at radius 2 is 2.13 bits per heavy atom. The third kappa shape index (κ3) is 3.73. The average Bonchev–Trinajstić information content (AvgIpc) is 2.75. The summed E-state index contributed by atoms with van der Waals surface area (Å²) in [6.45, 7) is 3.30. The topological polar surface area (TPSA) is 87.7 Å². The van der Waals surface area contributed by atoms with E-state index in [1.165, 1.54) is 13.2 Å². The highest BCUT2D eigenvalue weighted by atomic mass is 35.5. The molecular weight excluding hydrogens is 322 g/mol. The number of rotatable bonds is 5. The Balaban J connectivity index is 2.01. The lowest BCUT2D eigenvalue weighted by molar-refractivity contribution is -0.131. The van der Waals surface area contributed by atoms with E-state index in [-0.39, 0.29) is 12.5 Å². The third-order valence-corrected chi connectivity index (χ3v) is 3.76. The summed E-state index contributed by atoms with van der Waals surface area (Å²) in [5.74, 6) is -0.439. The van der Waals surface area contributed by atoms with Crippen molar-refractivity contribution in [2.24, 2.45) is 5.92 Å². The zero-order valence-corrected chi connectivity index (χ0v) is 13.8. The van der Waals surface area contributed by atoms with Gasteiger partial charge in [0.1, 0.15) is 18.3 Å². The van der Waals surface area contributed by atoms with Gasteiger partial charge in [0.05, 0.1) is 12.1 Å². The van der Waals surface area contributed by atoms with Crippen LogP contribution in [0.15, 0.2) is 18.2 Å². The summed E-state index contributed by atoms with van der Waals surface area (Å²) >= 11 is 5.98. The molecule has 2 N–H and O–H groups in total. The standard InChI is InChI=1S/C15H18ClN3O4/c1-8(2)13-14(21)19(15(22)18-13)7-12(20)17-9-4-5-11(23-3)10(16)6-9/h4-6,8,13H,7H2,1-3H3,(H,17,20)(H,18,22). The van der Waals surface area contributed by atoms with E-state index in [2.05, 4.69) is 10.6 Å². The Labute approximate surface area is 138 Å². The lowest BCUT2D eigenvalue weighted by atomic mass is 10.1. The second-order valence-electron chi connectivity index (χ2n) is 5.49. The highest BCUT2D eigenvalue weighted by Crippen LogP contribution is 2.27. The molecule has 0 aromatic heterocycles. The summed E-state index contributed by atoms with van der Waals surface area (Å²) in [6, 6.07) is 3.61. The first-order valence-electron chi connectivity index (χ1n) is 7.08. The van der Waals surface area contributed by atoms with Crippen molar-refractivity contribution < 1.29 is 19.1 Å². The number of carbonyl (C=O) groups excluding carboxylic acids is 3. The van der Waals surface area contributed by atoms with Gasteiger partial charge in [-0.25, -0.2) is 4.79 Å². The first-order chi connectivity index (χ1) is 10.8. The van der Waals surface area contributed by atoms with Gasteiger partial charge >= 0.3 is 6.03 Å². The van der Waals surface area contributed by atoms with E-state index in [4.69, 9.17) is 16.3 Å². The van der Waals surface area contributed by atoms with Crippen molar-refractivity contribution in [1.82, 2.24) is 10.2 Å². The van der Waals surface area contributed by atoms with E-state index in [0.29, 0.717) is 16.5 Å². The van der Waals surface area contributed by atoms with Crippen LogP contribution in [0.3, 0.4) is 0 Å². The maximum atomic E-state index is 12.1. The number of anilines is 1. The maximum absolute atomic E-state index is 12.1. The summed E-state index contributed by atoms with van der Waals surface area (Å²) in [6.07, 6.45) is 0. The normalized spacial score (nSPS) is 17.4. The van der Waals surface area contributed by atoms with Gasteiger partial charge in [0, 0.05) is 5.69 Å². The molecule has 1 saturated heterocycles. The predicted octanol–water partition coefficient (Wildman–Crippen LogP) is 1.86. The number of benzene rings is 1. The first kappa shape index (κ1) is 17.1. The minimum Gasteiger partial charge on any atom is -0.495 e. The van der Waals surface area contributed by atoms with E-state index in [1.807, 2.05) is 13.8 Å². The summed E-state index contributed by atoms with van der Waals surface area (Å²) in [4.78, 5) is 36.9. The van der Waals surface area contributed by atoms with Crippen molar-refractivity contribution in [2.75, 3.05) is 19.0 Å². The Morgan fingerprint density at radius 3 is 2.65 bits per heavy atom. The summed E-state index contributed by atoms with van der Waals surface area (Å²) in [7, 11) is 1.49. The molecule has 124 valence electrons. The number of nitrogens with zero attached hydrogens (tertiary/aromatic N) is 1. The number of imide groups is 1. The van der Waals surface area contributed by atoms with Crippen molar-refractivity contribution in [3.05, 3.63) is 23.2 Å². The Kier molecular flexibility index (Phi) is 5.10. The molecule has 23 heavy (non-hydrogen) atoms. The van der Waals surface area contributed by atoms with Crippen molar-refractivity contribution in [1.29, 1.82) is 0 Å². The van der Waals surface area contributed by atoms with Gasteiger partial charge in [0.15, 0.2) is 0 Å². The molecule has 0 bridgehead atoms. The van der Waals surface area contributed by atoms with E-state index in [1.54, 1.807) is 12.1 Å². The molecule has 4 amide bonds. The minimum atomic E-state index is -0.592. The number of carbonyl (C=O) groups is 3. The van der Waals surface area contributed by atoms with Gasteiger partial charge in [-0.15, -0.1) is 0 Å². The monoisotopic (exact) mass is 339 g/mol. The van der Waals surface area contributed by atoms with Gasteiger partial charge in [-0.3, -0.25) is 14.5 Å². The molecule has 7 nitrogen and oxygen atoms in total. The highest BCUT2D eigenvalue weighted by molar-refractivity contribution is 6.32. The molecule has 1 heterocycles. The first-order valence-corrected chi connectivity index (χ1v) is 7.46. The second-order valence-corrected chi connectivity index (χ2v) is 5.90. The molecule has 0 aliphatic carbocycles. The Hall–Kier alpha value is -2.28.